The van der Waals surface area contributed by atoms with Gasteiger partial charge in [-0.1, -0.05) is 13.8 Å². The van der Waals surface area contributed by atoms with Crippen LogP contribution < -0.4 is 10.6 Å². The van der Waals surface area contributed by atoms with E-state index in [1.165, 1.54) is 0 Å². The number of rotatable bonds is 3. The second kappa shape index (κ2) is 5.33. The lowest BCUT2D eigenvalue weighted by atomic mass is 9.97. The summed E-state index contributed by atoms with van der Waals surface area (Å²) >= 11 is 0. The number of anilines is 1. The quantitative estimate of drug-likeness (QED) is 0.875. The molecule has 1 saturated heterocycles. The van der Waals surface area contributed by atoms with E-state index < -0.39 is 0 Å². The van der Waals surface area contributed by atoms with E-state index in [9.17, 15) is 4.79 Å². The fourth-order valence-electron chi connectivity index (χ4n) is 2.24. The zero-order chi connectivity index (χ0) is 13.1. The Hall–Kier alpha value is -1.65. The van der Waals surface area contributed by atoms with Crippen LogP contribution in [0.2, 0.25) is 0 Å². The number of carbonyl (C=O) groups excluding carboxylic acids is 1. The molecule has 0 spiro atoms. The van der Waals surface area contributed by atoms with Crippen molar-refractivity contribution in [2.75, 3.05) is 18.0 Å². The number of piperidine rings is 1. The van der Waals surface area contributed by atoms with Crippen molar-refractivity contribution in [3.63, 3.8) is 0 Å². The van der Waals surface area contributed by atoms with Crippen molar-refractivity contribution in [3.05, 3.63) is 18.1 Å². The average Bonchev–Trinajstić information content (AvgIpc) is 2.39. The van der Waals surface area contributed by atoms with Crippen LogP contribution in [0.4, 0.5) is 5.82 Å². The molecular weight excluding hydrogens is 228 g/mol. The Kier molecular flexibility index (Phi) is 3.79. The number of aromatic nitrogens is 2. The summed E-state index contributed by atoms with van der Waals surface area (Å²) in [6, 6.07) is 1.90. The maximum atomic E-state index is 11.3. The van der Waals surface area contributed by atoms with Gasteiger partial charge in [-0.2, -0.15) is 0 Å². The van der Waals surface area contributed by atoms with Gasteiger partial charge in [-0.25, -0.2) is 9.97 Å². The first-order chi connectivity index (χ1) is 8.58. The highest BCUT2D eigenvalue weighted by Crippen LogP contribution is 2.22. The lowest BCUT2D eigenvalue weighted by molar-refractivity contribution is -0.122. The third-order valence-corrected chi connectivity index (χ3v) is 3.32. The number of primary amides is 1. The molecule has 2 N–H and O–H groups in total. The SMILES string of the molecule is CC(C)c1nccc(N2CCCC(C(N)=O)C2)n1. The second-order valence-corrected chi connectivity index (χ2v) is 5.12. The van der Waals surface area contributed by atoms with Crippen molar-refractivity contribution < 1.29 is 4.79 Å². The van der Waals surface area contributed by atoms with Crippen molar-refractivity contribution in [3.8, 4) is 0 Å². The topological polar surface area (TPSA) is 72.1 Å². The first-order valence-corrected chi connectivity index (χ1v) is 6.45. The van der Waals surface area contributed by atoms with Gasteiger partial charge in [-0.05, 0) is 18.9 Å². The van der Waals surface area contributed by atoms with Crippen molar-refractivity contribution in [2.24, 2.45) is 11.7 Å². The molecule has 0 radical (unpaired) electrons. The van der Waals surface area contributed by atoms with Gasteiger partial charge in [0.05, 0.1) is 5.92 Å². The van der Waals surface area contributed by atoms with Crippen molar-refractivity contribution in [2.45, 2.75) is 32.6 Å². The predicted octanol–water partition coefficient (Wildman–Crippen LogP) is 1.30. The van der Waals surface area contributed by atoms with Gasteiger partial charge in [-0.15, -0.1) is 0 Å². The van der Waals surface area contributed by atoms with Crippen LogP contribution in [0.3, 0.4) is 0 Å². The molecule has 1 unspecified atom stereocenters. The van der Waals surface area contributed by atoms with E-state index in [1.807, 2.05) is 6.07 Å². The summed E-state index contributed by atoms with van der Waals surface area (Å²) in [5.41, 5.74) is 5.39. The van der Waals surface area contributed by atoms with Gasteiger partial charge in [-0.3, -0.25) is 4.79 Å². The van der Waals surface area contributed by atoms with Crippen LogP contribution in [0.1, 0.15) is 38.4 Å². The molecule has 1 atom stereocenters. The highest BCUT2D eigenvalue weighted by Gasteiger charge is 2.24. The lowest BCUT2D eigenvalue weighted by Gasteiger charge is -2.32. The minimum Gasteiger partial charge on any atom is -0.369 e. The normalized spacial score (nSPS) is 20.2. The maximum absolute atomic E-state index is 11.3. The molecule has 1 fully saturated rings. The summed E-state index contributed by atoms with van der Waals surface area (Å²) < 4.78 is 0. The van der Waals surface area contributed by atoms with Gasteiger partial charge in [0.15, 0.2) is 0 Å². The Morgan fingerprint density at radius 3 is 3.00 bits per heavy atom. The molecule has 2 heterocycles. The lowest BCUT2D eigenvalue weighted by Crippen LogP contribution is -2.41. The zero-order valence-corrected chi connectivity index (χ0v) is 11.0. The molecule has 0 aliphatic carbocycles. The number of carbonyl (C=O) groups is 1. The fourth-order valence-corrected chi connectivity index (χ4v) is 2.24. The van der Waals surface area contributed by atoms with Crippen molar-refractivity contribution in [1.82, 2.24) is 9.97 Å². The van der Waals surface area contributed by atoms with Crippen LogP contribution in [-0.2, 0) is 4.79 Å². The number of nitrogens with two attached hydrogens (primary N) is 1. The first kappa shape index (κ1) is 12.8. The third kappa shape index (κ3) is 2.78. The van der Waals surface area contributed by atoms with Gasteiger partial charge in [0.2, 0.25) is 5.91 Å². The summed E-state index contributed by atoms with van der Waals surface area (Å²) in [6.45, 7) is 5.74. The molecule has 5 heteroatoms. The van der Waals surface area contributed by atoms with E-state index in [4.69, 9.17) is 5.73 Å². The monoisotopic (exact) mass is 248 g/mol. The highest BCUT2D eigenvalue weighted by atomic mass is 16.1. The summed E-state index contributed by atoms with van der Waals surface area (Å²) in [6.07, 6.45) is 3.65. The molecule has 5 nitrogen and oxygen atoms in total. The molecule has 0 saturated carbocycles. The molecule has 0 aromatic carbocycles. The van der Waals surface area contributed by atoms with E-state index >= 15 is 0 Å². The Balaban J connectivity index is 2.15. The van der Waals surface area contributed by atoms with Crippen molar-refractivity contribution >= 4 is 11.7 Å². The van der Waals surface area contributed by atoms with Crippen LogP contribution in [0.25, 0.3) is 0 Å². The van der Waals surface area contributed by atoms with E-state index in [0.29, 0.717) is 12.5 Å². The van der Waals surface area contributed by atoms with Crippen LogP contribution in [0.15, 0.2) is 12.3 Å². The van der Waals surface area contributed by atoms with Crippen LogP contribution in [0.5, 0.6) is 0 Å². The predicted molar refractivity (Wildman–Crippen MR) is 70.3 cm³/mol. The van der Waals surface area contributed by atoms with E-state index in [1.54, 1.807) is 6.20 Å². The summed E-state index contributed by atoms with van der Waals surface area (Å²) in [5.74, 6) is 1.78. The van der Waals surface area contributed by atoms with Crippen LogP contribution in [-0.4, -0.2) is 29.0 Å². The van der Waals surface area contributed by atoms with E-state index in [2.05, 4.69) is 28.7 Å². The molecule has 1 amide bonds. The standard InChI is InChI=1S/C13H20N4O/c1-9(2)13-15-6-5-11(16-13)17-7-3-4-10(8-17)12(14)18/h5-6,9-10H,3-4,7-8H2,1-2H3,(H2,14,18). The number of hydrogen-bond donors (Lipinski definition) is 1. The smallest absolute Gasteiger partial charge is 0.222 e. The second-order valence-electron chi connectivity index (χ2n) is 5.12. The highest BCUT2D eigenvalue weighted by molar-refractivity contribution is 5.77. The molecule has 2 rings (SSSR count). The minimum atomic E-state index is -0.210. The zero-order valence-electron chi connectivity index (χ0n) is 11.0. The fraction of sp³-hybridized carbons (Fsp3) is 0.615. The number of nitrogens with zero attached hydrogens (tertiary/aromatic N) is 3. The third-order valence-electron chi connectivity index (χ3n) is 3.32. The molecule has 1 aromatic heterocycles. The van der Waals surface area contributed by atoms with E-state index in [-0.39, 0.29) is 11.8 Å². The van der Waals surface area contributed by atoms with Gasteiger partial charge in [0.1, 0.15) is 11.6 Å². The Labute approximate surface area is 107 Å². The molecule has 98 valence electrons. The van der Waals surface area contributed by atoms with Crippen LogP contribution >= 0.6 is 0 Å². The summed E-state index contributed by atoms with van der Waals surface area (Å²) in [5, 5.41) is 0. The number of hydrogen-bond acceptors (Lipinski definition) is 4. The molecule has 1 aromatic rings. The Morgan fingerprint density at radius 2 is 2.33 bits per heavy atom. The number of amides is 1. The first-order valence-electron chi connectivity index (χ1n) is 6.45. The van der Waals surface area contributed by atoms with Gasteiger partial charge in [0.25, 0.3) is 0 Å². The Bertz CT molecular complexity index is 433. The molecule has 1 aliphatic heterocycles. The van der Waals surface area contributed by atoms with Crippen molar-refractivity contribution in [1.29, 1.82) is 0 Å². The summed E-state index contributed by atoms with van der Waals surface area (Å²) in [7, 11) is 0. The summed E-state index contributed by atoms with van der Waals surface area (Å²) in [4.78, 5) is 22.2. The molecule has 0 bridgehead atoms. The molecule has 1 aliphatic rings. The van der Waals surface area contributed by atoms with Gasteiger partial charge in [0, 0.05) is 25.2 Å². The van der Waals surface area contributed by atoms with Crippen LogP contribution in [0, 0.1) is 5.92 Å². The maximum Gasteiger partial charge on any atom is 0.222 e. The van der Waals surface area contributed by atoms with Gasteiger partial charge >= 0.3 is 0 Å². The molecular formula is C13H20N4O. The minimum absolute atomic E-state index is 0.0591. The molecule has 18 heavy (non-hydrogen) atoms. The van der Waals surface area contributed by atoms with Gasteiger partial charge < -0.3 is 10.6 Å². The Morgan fingerprint density at radius 1 is 1.56 bits per heavy atom. The van der Waals surface area contributed by atoms with E-state index in [0.717, 1.165) is 31.0 Å². The largest absolute Gasteiger partial charge is 0.369 e. The average molecular weight is 248 g/mol.